The predicted molar refractivity (Wildman–Crippen MR) is 56.0 cm³/mol. The first-order chi connectivity index (χ1) is 7.35. The van der Waals surface area contributed by atoms with Crippen LogP contribution in [0, 0.1) is 11.3 Å². The van der Waals surface area contributed by atoms with Crippen molar-refractivity contribution in [2.75, 3.05) is 13.2 Å². The molecule has 1 atom stereocenters. The first-order valence-corrected chi connectivity index (χ1v) is 5.70. The molecule has 0 amide bonds. The molecule has 15 heavy (non-hydrogen) atoms. The van der Waals surface area contributed by atoms with E-state index in [4.69, 9.17) is 14.7 Å². The molecule has 0 aromatic rings. The summed E-state index contributed by atoms with van der Waals surface area (Å²) in [6.45, 7) is 1.38. The van der Waals surface area contributed by atoms with E-state index in [1.54, 1.807) is 6.08 Å². The lowest BCUT2D eigenvalue weighted by molar-refractivity contribution is -0.252. The van der Waals surface area contributed by atoms with Crippen LogP contribution in [0.25, 0.3) is 0 Å². The highest BCUT2D eigenvalue weighted by Crippen LogP contribution is 2.34. The molecule has 3 nitrogen and oxygen atoms in total. The fourth-order valence-electron chi connectivity index (χ4n) is 2.30. The molecule has 0 radical (unpaired) electrons. The molecule has 3 heteroatoms. The van der Waals surface area contributed by atoms with Crippen LogP contribution in [0.4, 0.5) is 0 Å². The van der Waals surface area contributed by atoms with E-state index in [0.717, 1.165) is 44.3 Å². The molecule has 1 unspecified atom stereocenters. The average molecular weight is 207 g/mol. The maximum atomic E-state index is 8.60. The van der Waals surface area contributed by atoms with Gasteiger partial charge in [0.2, 0.25) is 0 Å². The number of nitrogens with zero attached hydrogens (tertiary/aromatic N) is 1. The summed E-state index contributed by atoms with van der Waals surface area (Å²) in [7, 11) is 0. The molecular weight excluding hydrogens is 190 g/mol. The highest BCUT2D eigenvalue weighted by molar-refractivity contribution is 5.14. The van der Waals surface area contributed by atoms with Crippen LogP contribution in [0.5, 0.6) is 0 Å². The maximum absolute atomic E-state index is 8.60. The van der Waals surface area contributed by atoms with Crippen molar-refractivity contribution < 1.29 is 9.47 Å². The van der Waals surface area contributed by atoms with Gasteiger partial charge >= 0.3 is 0 Å². The lowest BCUT2D eigenvalue weighted by atomic mass is 9.99. The van der Waals surface area contributed by atoms with Gasteiger partial charge in [0.1, 0.15) is 0 Å². The van der Waals surface area contributed by atoms with Gasteiger partial charge in [-0.15, -0.1) is 0 Å². The standard InChI is InChI=1S/C12H17NO2/c13-8-5-11-4-3-7-12(15-10-11)6-1-2-9-14-12/h5H,1-4,6-7,9-10H2/b11-5-. The summed E-state index contributed by atoms with van der Waals surface area (Å²) in [5.41, 5.74) is 1.10. The maximum Gasteiger partial charge on any atom is 0.168 e. The van der Waals surface area contributed by atoms with Crippen molar-refractivity contribution in [1.82, 2.24) is 0 Å². The van der Waals surface area contributed by atoms with Gasteiger partial charge in [-0.2, -0.15) is 5.26 Å². The zero-order valence-electron chi connectivity index (χ0n) is 9.00. The van der Waals surface area contributed by atoms with Crippen LogP contribution in [-0.2, 0) is 9.47 Å². The summed E-state index contributed by atoms with van der Waals surface area (Å²) in [6.07, 6.45) is 7.96. The Morgan fingerprint density at radius 3 is 2.80 bits per heavy atom. The number of rotatable bonds is 0. The third-order valence-corrected chi connectivity index (χ3v) is 3.16. The van der Waals surface area contributed by atoms with Crippen molar-refractivity contribution in [2.24, 2.45) is 0 Å². The van der Waals surface area contributed by atoms with Crippen LogP contribution in [0.15, 0.2) is 11.6 Å². The van der Waals surface area contributed by atoms with Crippen molar-refractivity contribution >= 4 is 0 Å². The molecular formula is C12H17NO2. The van der Waals surface area contributed by atoms with E-state index < -0.39 is 0 Å². The first-order valence-electron chi connectivity index (χ1n) is 5.70. The van der Waals surface area contributed by atoms with Gasteiger partial charge in [0, 0.05) is 18.9 Å². The third-order valence-electron chi connectivity index (χ3n) is 3.16. The zero-order chi connectivity index (χ0) is 10.6. The molecule has 0 aliphatic carbocycles. The van der Waals surface area contributed by atoms with Gasteiger partial charge in [0.25, 0.3) is 0 Å². The molecule has 2 saturated heterocycles. The first kappa shape index (κ1) is 10.7. The van der Waals surface area contributed by atoms with Gasteiger partial charge in [0.15, 0.2) is 5.79 Å². The third kappa shape index (κ3) is 2.58. The van der Waals surface area contributed by atoms with E-state index in [0.29, 0.717) is 6.61 Å². The number of allylic oxidation sites excluding steroid dienone is 1. The summed E-state index contributed by atoms with van der Waals surface area (Å²) >= 11 is 0. The summed E-state index contributed by atoms with van der Waals surface area (Å²) in [6, 6.07) is 2.07. The van der Waals surface area contributed by atoms with Crippen LogP contribution in [0.2, 0.25) is 0 Å². The predicted octanol–water partition coefficient (Wildman–Crippen LogP) is 2.53. The Bertz CT molecular complexity index is 284. The second-order valence-corrected chi connectivity index (χ2v) is 4.29. The average Bonchev–Trinajstić information content (AvgIpc) is 2.44. The zero-order valence-corrected chi connectivity index (χ0v) is 9.00. The van der Waals surface area contributed by atoms with E-state index >= 15 is 0 Å². The highest BCUT2D eigenvalue weighted by atomic mass is 16.7. The van der Waals surface area contributed by atoms with Crippen LogP contribution >= 0.6 is 0 Å². The fourth-order valence-corrected chi connectivity index (χ4v) is 2.30. The summed E-state index contributed by atoms with van der Waals surface area (Å²) in [5, 5.41) is 8.60. The quantitative estimate of drug-likeness (QED) is 0.573. The summed E-state index contributed by atoms with van der Waals surface area (Å²) in [4.78, 5) is 0. The monoisotopic (exact) mass is 207 g/mol. The molecule has 0 bridgehead atoms. The van der Waals surface area contributed by atoms with E-state index in [-0.39, 0.29) is 5.79 Å². The Morgan fingerprint density at radius 2 is 2.07 bits per heavy atom. The molecule has 0 aromatic heterocycles. The smallest absolute Gasteiger partial charge is 0.168 e. The van der Waals surface area contributed by atoms with Gasteiger partial charge in [-0.05, 0) is 31.3 Å². The minimum absolute atomic E-state index is 0.330. The largest absolute Gasteiger partial charge is 0.350 e. The number of hydrogen-bond donors (Lipinski definition) is 0. The van der Waals surface area contributed by atoms with Crippen molar-refractivity contribution in [1.29, 1.82) is 5.26 Å². The molecule has 0 saturated carbocycles. The summed E-state index contributed by atoms with van der Waals surface area (Å²) < 4.78 is 11.6. The summed E-state index contributed by atoms with van der Waals surface area (Å²) in [5.74, 6) is -0.330. The second-order valence-electron chi connectivity index (χ2n) is 4.29. The van der Waals surface area contributed by atoms with Crippen LogP contribution in [0.1, 0.15) is 38.5 Å². The molecule has 2 rings (SSSR count). The molecule has 2 aliphatic rings. The molecule has 1 spiro atoms. The lowest BCUT2D eigenvalue weighted by Crippen LogP contribution is -2.38. The highest BCUT2D eigenvalue weighted by Gasteiger charge is 2.35. The minimum Gasteiger partial charge on any atom is -0.350 e. The van der Waals surface area contributed by atoms with Crippen LogP contribution in [0.3, 0.4) is 0 Å². The van der Waals surface area contributed by atoms with Gasteiger partial charge in [-0.25, -0.2) is 0 Å². The van der Waals surface area contributed by atoms with Gasteiger partial charge < -0.3 is 9.47 Å². The number of ether oxygens (including phenoxy) is 2. The van der Waals surface area contributed by atoms with E-state index in [1.807, 2.05) is 0 Å². The Kier molecular flexibility index (Phi) is 3.40. The van der Waals surface area contributed by atoms with E-state index in [9.17, 15) is 0 Å². The molecule has 82 valence electrons. The van der Waals surface area contributed by atoms with E-state index in [2.05, 4.69) is 6.07 Å². The normalized spacial score (nSPS) is 35.0. The molecule has 0 N–H and O–H groups in total. The van der Waals surface area contributed by atoms with Crippen molar-refractivity contribution in [2.45, 2.75) is 44.3 Å². The second kappa shape index (κ2) is 4.78. The topological polar surface area (TPSA) is 42.2 Å². The van der Waals surface area contributed by atoms with Crippen molar-refractivity contribution in [3.63, 3.8) is 0 Å². The van der Waals surface area contributed by atoms with Crippen molar-refractivity contribution in [3.8, 4) is 6.07 Å². The Hall–Kier alpha value is -0.850. The Labute approximate surface area is 90.7 Å². The Balaban J connectivity index is 2.00. The SMILES string of the molecule is N#C/C=C1/CCCC2(CCCCO2)OC1. The number of nitriles is 1. The van der Waals surface area contributed by atoms with Crippen LogP contribution < -0.4 is 0 Å². The molecule has 2 aliphatic heterocycles. The van der Waals surface area contributed by atoms with Gasteiger partial charge in [-0.1, -0.05) is 0 Å². The molecule has 0 aromatic carbocycles. The lowest BCUT2D eigenvalue weighted by Gasteiger charge is -2.35. The molecule has 2 heterocycles. The van der Waals surface area contributed by atoms with Gasteiger partial charge in [0.05, 0.1) is 19.3 Å². The number of hydrogen-bond acceptors (Lipinski definition) is 3. The van der Waals surface area contributed by atoms with Gasteiger partial charge in [-0.3, -0.25) is 0 Å². The fraction of sp³-hybridized carbons (Fsp3) is 0.750. The molecule has 2 fully saturated rings. The van der Waals surface area contributed by atoms with Crippen molar-refractivity contribution in [3.05, 3.63) is 11.6 Å². The van der Waals surface area contributed by atoms with E-state index in [1.165, 1.54) is 6.42 Å². The van der Waals surface area contributed by atoms with Crippen LogP contribution in [-0.4, -0.2) is 19.0 Å². The Morgan fingerprint density at radius 1 is 1.20 bits per heavy atom. The minimum atomic E-state index is -0.330.